The summed E-state index contributed by atoms with van der Waals surface area (Å²) in [5.41, 5.74) is 1.78. The number of rotatable bonds is 8. The van der Waals surface area contributed by atoms with Gasteiger partial charge in [0, 0.05) is 12.7 Å². The summed E-state index contributed by atoms with van der Waals surface area (Å²) < 4.78 is 12.8. The van der Waals surface area contributed by atoms with Crippen LogP contribution in [0.25, 0.3) is 0 Å². The first kappa shape index (κ1) is 19.8. The third-order valence-electron chi connectivity index (χ3n) is 4.08. The Morgan fingerprint density at radius 3 is 2.61 bits per heavy atom. The van der Waals surface area contributed by atoms with Gasteiger partial charge < -0.3 is 19.4 Å². The van der Waals surface area contributed by atoms with Gasteiger partial charge in [-0.05, 0) is 42.8 Å². The number of aromatic nitrogens is 3. The Bertz CT molecular complexity index is 941. The zero-order valence-electron chi connectivity index (χ0n) is 16.0. The fourth-order valence-corrected chi connectivity index (χ4v) is 3.19. The maximum absolute atomic E-state index is 12.2. The minimum absolute atomic E-state index is 0.115. The number of para-hydroxylation sites is 1. The van der Waals surface area contributed by atoms with Gasteiger partial charge in [-0.25, -0.2) is 0 Å². The van der Waals surface area contributed by atoms with Crippen molar-refractivity contribution in [3.63, 3.8) is 0 Å². The van der Waals surface area contributed by atoms with E-state index in [9.17, 15) is 4.79 Å². The molecular weight excluding hydrogens is 376 g/mol. The first-order chi connectivity index (χ1) is 13.6. The smallest absolute Gasteiger partial charge is 0.234 e. The third-order valence-corrected chi connectivity index (χ3v) is 5.10. The molecule has 1 aromatic heterocycles. The van der Waals surface area contributed by atoms with Gasteiger partial charge in [0.1, 0.15) is 18.1 Å². The lowest BCUT2D eigenvalue weighted by atomic mass is 10.2. The van der Waals surface area contributed by atoms with Gasteiger partial charge in [0.05, 0.1) is 12.9 Å². The first-order valence-electron chi connectivity index (χ1n) is 8.70. The fourth-order valence-electron chi connectivity index (χ4n) is 2.46. The van der Waals surface area contributed by atoms with Crippen molar-refractivity contribution in [2.75, 3.05) is 18.2 Å². The number of benzene rings is 2. The molecule has 1 N–H and O–H groups in total. The number of ether oxygens (including phenoxy) is 2. The summed E-state index contributed by atoms with van der Waals surface area (Å²) in [6.45, 7) is 2.31. The van der Waals surface area contributed by atoms with Crippen molar-refractivity contribution in [1.29, 1.82) is 0 Å². The van der Waals surface area contributed by atoms with Crippen LogP contribution in [-0.4, -0.2) is 33.5 Å². The van der Waals surface area contributed by atoms with E-state index in [1.54, 1.807) is 31.4 Å². The van der Waals surface area contributed by atoms with E-state index in [4.69, 9.17) is 9.47 Å². The summed E-state index contributed by atoms with van der Waals surface area (Å²) in [5.74, 6) is 2.37. The number of carbonyl (C=O) groups is 1. The molecule has 1 heterocycles. The van der Waals surface area contributed by atoms with Crippen molar-refractivity contribution in [2.24, 2.45) is 7.05 Å². The monoisotopic (exact) mass is 398 g/mol. The summed E-state index contributed by atoms with van der Waals surface area (Å²) in [6.07, 6.45) is 0. The highest BCUT2D eigenvalue weighted by molar-refractivity contribution is 7.99. The average molecular weight is 398 g/mol. The van der Waals surface area contributed by atoms with Crippen LogP contribution in [0.1, 0.15) is 11.4 Å². The van der Waals surface area contributed by atoms with E-state index in [2.05, 4.69) is 15.5 Å². The largest absolute Gasteiger partial charge is 0.497 e. The van der Waals surface area contributed by atoms with Crippen LogP contribution in [0.2, 0.25) is 0 Å². The van der Waals surface area contributed by atoms with Crippen LogP contribution in [0.5, 0.6) is 11.5 Å². The normalized spacial score (nSPS) is 10.5. The van der Waals surface area contributed by atoms with Gasteiger partial charge in [0.2, 0.25) is 5.91 Å². The molecule has 3 rings (SSSR count). The minimum Gasteiger partial charge on any atom is -0.497 e. The topological polar surface area (TPSA) is 78.3 Å². The Kier molecular flexibility index (Phi) is 6.54. The van der Waals surface area contributed by atoms with Crippen molar-refractivity contribution >= 4 is 23.4 Å². The average Bonchev–Trinajstić information content (AvgIpc) is 3.06. The minimum atomic E-state index is -0.115. The molecule has 0 aliphatic rings. The molecule has 0 bridgehead atoms. The molecule has 0 radical (unpaired) electrons. The van der Waals surface area contributed by atoms with Crippen LogP contribution in [0.4, 0.5) is 5.69 Å². The molecule has 0 fully saturated rings. The Labute approximate surface area is 168 Å². The lowest BCUT2D eigenvalue weighted by Gasteiger charge is -2.09. The van der Waals surface area contributed by atoms with Crippen molar-refractivity contribution in [2.45, 2.75) is 18.7 Å². The number of amides is 1. The Hall–Kier alpha value is -3.00. The Balaban J connectivity index is 1.52. The molecule has 0 aliphatic heterocycles. The third kappa shape index (κ3) is 5.04. The first-order valence-corrected chi connectivity index (χ1v) is 9.69. The molecule has 0 saturated carbocycles. The lowest BCUT2D eigenvalue weighted by molar-refractivity contribution is -0.113. The number of nitrogens with one attached hydrogen (secondary N) is 1. The Morgan fingerprint density at radius 2 is 1.89 bits per heavy atom. The molecule has 0 aliphatic carbocycles. The molecule has 8 heteroatoms. The highest BCUT2D eigenvalue weighted by Gasteiger charge is 2.12. The molecular formula is C20H22N4O3S. The Morgan fingerprint density at radius 1 is 1.14 bits per heavy atom. The van der Waals surface area contributed by atoms with Crippen LogP contribution in [0.3, 0.4) is 0 Å². The van der Waals surface area contributed by atoms with Crippen LogP contribution >= 0.6 is 11.8 Å². The zero-order valence-corrected chi connectivity index (χ0v) is 16.8. The molecule has 3 aromatic rings. The summed E-state index contributed by atoms with van der Waals surface area (Å²) in [6, 6.07) is 15.0. The number of hydrogen-bond donors (Lipinski definition) is 1. The van der Waals surface area contributed by atoms with E-state index in [-0.39, 0.29) is 11.7 Å². The van der Waals surface area contributed by atoms with Gasteiger partial charge in [-0.3, -0.25) is 4.79 Å². The number of carbonyl (C=O) groups excluding carboxylic acids is 1. The quantitative estimate of drug-likeness (QED) is 0.586. The molecule has 7 nitrogen and oxygen atoms in total. The number of anilines is 1. The van der Waals surface area contributed by atoms with Crippen molar-refractivity contribution < 1.29 is 14.3 Å². The number of thioether (sulfide) groups is 1. The van der Waals surface area contributed by atoms with Crippen LogP contribution in [0.15, 0.2) is 53.7 Å². The maximum atomic E-state index is 12.2. The van der Waals surface area contributed by atoms with Crippen molar-refractivity contribution in [3.8, 4) is 11.5 Å². The van der Waals surface area contributed by atoms with E-state index in [0.29, 0.717) is 17.6 Å². The van der Waals surface area contributed by atoms with Gasteiger partial charge in [-0.1, -0.05) is 30.0 Å². The molecule has 0 atom stereocenters. The van der Waals surface area contributed by atoms with Gasteiger partial charge in [-0.15, -0.1) is 10.2 Å². The summed E-state index contributed by atoms with van der Waals surface area (Å²) >= 11 is 1.32. The predicted octanol–water partition coefficient (Wildman–Crippen LogP) is 3.44. The number of aryl methyl sites for hydroxylation is 1. The number of methoxy groups -OCH3 is 1. The predicted molar refractivity (Wildman–Crippen MR) is 109 cm³/mol. The van der Waals surface area contributed by atoms with E-state index >= 15 is 0 Å². The fraction of sp³-hybridized carbons (Fsp3) is 0.250. The van der Waals surface area contributed by atoms with E-state index in [1.165, 1.54) is 11.8 Å². The SMILES string of the molecule is COc1ccc(NC(=O)CSc2nnc(COc3ccccc3C)n2C)cc1. The van der Waals surface area contributed by atoms with E-state index < -0.39 is 0 Å². The van der Waals surface area contributed by atoms with Gasteiger partial charge in [0.25, 0.3) is 0 Å². The van der Waals surface area contributed by atoms with Gasteiger partial charge in [-0.2, -0.15) is 0 Å². The van der Waals surface area contributed by atoms with Crippen molar-refractivity contribution in [1.82, 2.24) is 14.8 Å². The highest BCUT2D eigenvalue weighted by atomic mass is 32.2. The molecule has 28 heavy (non-hydrogen) atoms. The second kappa shape index (κ2) is 9.27. The summed E-state index contributed by atoms with van der Waals surface area (Å²) in [4.78, 5) is 12.2. The second-order valence-corrected chi connectivity index (χ2v) is 7.02. The molecule has 1 amide bonds. The van der Waals surface area contributed by atoms with Crippen molar-refractivity contribution in [3.05, 3.63) is 59.9 Å². The van der Waals surface area contributed by atoms with Gasteiger partial charge in [0.15, 0.2) is 11.0 Å². The van der Waals surface area contributed by atoms with Crippen LogP contribution in [-0.2, 0) is 18.4 Å². The second-order valence-electron chi connectivity index (χ2n) is 6.08. The van der Waals surface area contributed by atoms with Crippen LogP contribution < -0.4 is 14.8 Å². The molecule has 146 valence electrons. The van der Waals surface area contributed by atoms with E-state index in [0.717, 1.165) is 22.7 Å². The summed E-state index contributed by atoms with van der Waals surface area (Å²) in [5, 5.41) is 11.8. The maximum Gasteiger partial charge on any atom is 0.234 e. The number of hydrogen-bond acceptors (Lipinski definition) is 6. The van der Waals surface area contributed by atoms with Crippen LogP contribution in [0, 0.1) is 6.92 Å². The van der Waals surface area contributed by atoms with Gasteiger partial charge >= 0.3 is 0 Å². The molecule has 0 spiro atoms. The lowest BCUT2D eigenvalue weighted by Crippen LogP contribution is -2.14. The number of nitrogens with zero attached hydrogens (tertiary/aromatic N) is 3. The highest BCUT2D eigenvalue weighted by Crippen LogP contribution is 2.20. The molecule has 2 aromatic carbocycles. The molecule has 0 unspecified atom stereocenters. The molecule has 0 saturated heterocycles. The summed E-state index contributed by atoms with van der Waals surface area (Å²) in [7, 11) is 3.46. The van der Waals surface area contributed by atoms with E-state index in [1.807, 2.05) is 42.8 Å². The zero-order chi connectivity index (χ0) is 19.9. The standard InChI is InChI=1S/C20H22N4O3S/c1-14-6-4-5-7-17(14)27-12-18-22-23-20(24(18)2)28-13-19(25)21-15-8-10-16(26-3)11-9-15/h4-11H,12-13H2,1-3H3,(H,21,25).